The summed E-state index contributed by atoms with van der Waals surface area (Å²) in [5.74, 6) is 0.631. The van der Waals surface area contributed by atoms with Crippen LogP contribution in [0, 0.1) is 5.82 Å². The molecule has 0 aliphatic carbocycles. The van der Waals surface area contributed by atoms with E-state index in [1.54, 1.807) is 6.07 Å². The SMILES string of the molecule is CN=C(NCc1cc2c(cc1OC(F)F)OCO2)NCc1ncccc1F. The summed E-state index contributed by atoms with van der Waals surface area (Å²) in [7, 11) is 1.53. The number of nitrogens with zero attached hydrogens (tertiary/aromatic N) is 2. The standard InChI is InChI=1S/C17H17F3N4O3/c1-21-17(24-8-12-11(18)3-2-4-22-12)23-7-10-5-14-15(26-9-25-14)6-13(10)27-16(19)20/h2-6,16H,7-9H2,1H3,(H2,21,23,24). The highest BCUT2D eigenvalue weighted by Crippen LogP contribution is 2.38. The number of fused-ring (bicyclic) bond motifs is 1. The number of pyridine rings is 1. The van der Waals surface area contributed by atoms with E-state index in [9.17, 15) is 13.2 Å². The van der Waals surface area contributed by atoms with Gasteiger partial charge in [0.2, 0.25) is 6.79 Å². The molecular formula is C17H17F3N4O3. The van der Waals surface area contributed by atoms with Gasteiger partial charge >= 0.3 is 6.61 Å². The van der Waals surface area contributed by atoms with E-state index in [4.69, 9.17) is 9.47 Å². The first-order valence-corrected chi connectivity index (χ1v) is 7.98. The Labute approximate surface area is 153 Å². The molecule has 3 rings (SSSR count). The summed E-state index contributed by atoms with van der Waals surface area (Å²) in [5.41, 5.74) is 0.650. The Bertz CT molecular complexity index is 833. The smallest absolute Gasteiger partial charge is 0.387 e. The monoisotopic (exact) mass is 382 g/mol. The zero-order valence-corrected chi connectivity index (χ0v) is 14.3. The van der Waals surface area contributed by atoms with Crippen LogP contribution in [0.4, 0.5) is 13.2 Å². The highest BCUT2D eigenvalue weighted by atomic mass is 19.3. The van der Waals surface area contributed by atoms with Gasteiger partial charge in [0.15, 0.2) is 17.5 Å². The molecule has 0 fully saturated rings. The quantitative estimate of drug-likeness (QED) is 0.590. The van der Waals surface area contributed by atoms with Crippen molar-refractivity contribution in [3.8, 4) is 17.2 Å². The molecule has 0 saturated carbocycles. The Morgan fingerprint density at radius 2 is 2.00 bits per heavy atom. The molecule has 7 nitrogen and oxygen atoms in total. The number of halogens is 3. The summed E-state index contributed by atoms with van der Waals surface area (Å²) in [6, 6.07) is 5.71. The Morgan fingerprint density at radius 3 is 2.70 bits per heavy atom. The number of benzene rings is 1. The molecule has 144 valence electrons. The predicted molar refractivity (Wildman–Crippen MR) is 90.4 cm³/mol. The maximum Gasteiger partial charge on any atom is 0.387 e. The topological polar surface area (TPSA) is 77.0 Å². The van der Waals surface area contributed by atoms with Gasteiger partial charge in [-0.2, -0.15) is 8.78 Å². The number of nitrogens with one attached hydrogen (secondary N) is 2. The second kappa shape index (κ2) is 8.47. The Balaban J connectivity index is 1.66. The van der Waals surface area contributed by atoms with Gasteiger partial charge in [-0.15, -0.1) is 0 Å². The molecule has 0 atom stereocenters. The van der Waals surface area contributed by atoms with Crippen molar-refractivity contribution >= 4 is 5.96 Å². The van der Waals surface area contributed by atoms with Gasteiger partial charge in [0.25, 0.3) is 0 Å². The lowest BCUT2D eigenvalue weighted by Gasteiger charge is -2.15. The van der Waals surface area contributed by atoms with E-state index in [1.807, 2.05) is 0 Å². The first-order valence-electron chi connectivity index (χ1n) is 7.98. The van der Waals surface area contributed by atoms with Gasteiger partial charge in [-0.05, 0) is 18.2 Å². The second-order valence-electron chi connectivity index (χ2n) is 5.40. The second-order valence-corrected chi connectivity index (χ2v) is 5.40. The third kappa shape index (κ3) is 4.72. The molecule has 0 saturated heterocycles. The maximum absolute atomic E-state index is 13.6. The van der Waals surface area contributed by atoms with Crippen molar-refractivity contribution in [2.24, 2.45) is 4.99 Å². The van der Waals surface area contributed by atoms with E-state index >= 15 is 0 Å². The number of hydrogen-bond acceptors (Lipinski definition) is 5. The molecule has 2 aromatic rings. The van der Waals surface area contributed by atoms with Crippen LogP contribution in [0.25, 0.3) is 0 Å². The van der Waals surface area contributed by atoms with E-state index in [2.05, 4.69) is 25.3 Å². The van der Waals surface area contributed by atoms with Crippen molar-refractivity contribution in [1.82, 2.24) is 15.6 Å². The molecule has 0 bridgehead atoms. The lowest BCUT2D eigenvalue weighted by atomic mass is 10.1. The number of aromatic nitrogens is 1. The van der Waals surface area contributed by atoms with Gasteiger partial charge in [-0.1, -0.05) is 0 Å². The first-order chi connectivity index (χ1) is 13.1. The van der Waals surface area contributed by atoms with Crippen LogP contribution in [0.5, 0.6) is 17.2 Å². The van der Waals surface area contributed by atoms with Crippen LogP contribution in [0.1, 0.15) is 11.3 Å². The van der Waals surface area contributed by atoms with Crippen LogP contribution in [0.15, 0.2) is 35.5 Å². The molecule has 0 radical (unpaired) electrons. The highest BCUT2D eigenvalue weighted by molar-refractivity contribution is 5.79. The van der Waals surface area contributed by atoms with Gasteiger partial charge in [0.05, 0.1) is 12.2 Å². The molecular weight excluding hydrogens is 365 g/mol. The zero-order valence-electron chi connectivity index (χ0n) is 14.3. The molecule has 1 aliphatic heterocycles. The van der Waals surface area contributed by atoms with E-state index in [-0.39, 0.29) is 31.3 Å². The molecule has 2 heterocycles. The van der Waals surface area contributed by atoms with Crippen molar-refractivity contribution < 1.29 is 27.4 Å². The Hall–Kier alpha value is -3.17. The molecule has 1 aromatic carbocycles. The van der Waals surface area contributed by atoms with Crippen LogP contribution in [0.3, 0.4) is 0 Å². The Morgan fingerprint density at radius 1 is 1.26 bits per heavy atom. The third-order valence-corrected chi connectivity index (χ3v) is 3.70. The number of hydrogen-bond donors (Lipinski definition) is 2. The van der Waals surface area contributed by atoms with Gasteiger partial charge in [0, 0.05) is 31.4 Å². The Kier molecular flexibility index (Phi) is 5.84. The van der Waals surface area contributed by atoms with Gasteiger partial charge < -0.3 is 24.8 Å². The van der Waals surface area contributed by atoms with Crippen LogP contribution < -0.4 is 24.8 Å². The van der Waals surface area contributed by atoms with Crippen LogP contribution in [-0.2, 0) is 13.1 Å². The van der Waals surface area contributed by atoms with Gasteiger partial charge in [0.1, 0.15) is 11.6 Å². The van der Waals surface area contributed by atoms with Crippen LogP contribution in [0.2, 0.25) is 0 Å². The number of alkyl halides is 2. The lowest BCUT2D eigenvalue weighted by molar-refractivity contribution is -0.0505. The lowest BCUT2D eigenvalue weighted by Crippen LogP contribution is -2.36. The summed E-state index contributed by atoms with van der Waals surface area (Å²) in [6.45, 7) is -2.75. The molecule has 1 aliphatic rings. The van der Waals surface area contributed by atoms with E-state index in [1.165, 1.54) is 31.4 Å². The third-order valence-electron chi connectivity index (χ3n) is 3.70. The molecule has 2 N–H and O–H groups in total. The average molecular weight is 382 g/mol. The van der Waals surface area contributed by atoms with Crippen molar-refractivity contribution in [2.75, 3.05) is 13.8 Å². The van der Waals surface area contributed by atoms with Crippen molar-refractivity contribution in [2.45, 2.75) is 19.7 Å². The summed E-state index contributed by atoms with van der Waals surface area (Å²) in [5, 5.41) is 5.85. The first kappa shape index (κ1) is 18.6. The minimum absolute atomic E-state index is 0.0131. The summed E-state index contributed by atoms with van der Waals surface area (Å²) in [4.78, 5) is 7.95. The van der Waals surface area contributed by atoms with E-state index in [0.717, 1.165) is 0 Å². The van der Waals surface area contributed by atoms with Gasteiger partial charge in [-0.3, -0.25) is 9.98 Å². The molecule has 0 unspecified atom stereocenters. The largest absolute Gasteiger partial charge is 0.454 e. The van der Waals surface area contributed by atoms with Crippen molar-refractivity contribution in [1.29, 1.82) is 0 Å². The molecule has 27 heavy (non-hydrogen) atoms. The highest BCUT2D eigenvalue weighted by Gasteiger charge is 2.20. The molecule has 1 aromatic heterocycles. The average Bonchev–Trinajstić information content (AvgIpc) is 3.09. The minimum atomic E-state index is -2.98. The predicted octanol–water partition coefficient (Wildman–Crippen LogP) is 2.42. The maximum atomic E-state index is 13.6. The van der Waals surface area contributed by atoms with E-state index in [0.29, 0.717) is 23.0 Å². The fourth-order valence-electron chi connectivity index (χ4n) is 2.42. The summed E-state index contributed by atoms with van der Waals surface area (Å²) in [6.07, 6.45) is 1.48. The fourth-order valence-corrected chi connectivity index (χ4v) is 2.42. The fraction of sp³-hybridized carbons (Fsp3) is 0.294. The van der Waals surface area contributed by atoms with Crippen molar-refractivity contribution in [3.63, 3.8) is 0 Å². The number of ether oxygens (including phenoxy) is 3. The van der Waals surface area contributed by atoms with Crippen molar-refractivity contribution in [3.05, 3.63) is 47.5 Å². The minimum Gasteiger partial charge on any atom is -0.454 e. The van der Waals surface area contributed by atoms with Crippen LogP contribution >= 0.6 is 0 Å². The van der Waals surface area contributed by atoms with Crippen LogP contribution in [-0.4, -0.2) is 31.4 Å². The number of rotatable bonds is 6. The molecule has 10 heteroatoms. The normalized spacial score (nSPS) is 13.0. The van der Waals surface area contributed by atoms with Gasteiger partial charge in [-0.25, -0.2) is 4.39 Å². The molecule has 0 amide bonds. The van der Waals surface area contributed by atoms with E-state index < -0.39 is 12.4 Å². The number of aliphatic imine (C=N–C) groups is 1. The summed E-state index contributed by atoms with van der Waals surface area (Å²) >= 11 is 0. The number of guanidine groups is 1. The zero-order chi connectivity index (χ0) is 19.2. The molecule has 0 spiro atoms. The summed E-state index contributed by atoms with van der Waals surface area (Å²) < 4.78 is 54.0.